The SMILES string of the molecule is CCC1C(=O)NCCN1c1ccc(Cl)c(C(=O)O)n1. The summed E-state index contributed by atoms with van der Waals surface area (Å²) in [5.41, 5.74) is -0.194. The highest BCUT2D eigenvalue weighted by Crippen LogP contribution is 2.22. The second-order valence-electron chi connectivity index (χ2n) is 4.21. The number of carbonyl (C=O) groups excluding carboxylic acids is 1. The van der Waals surface area contributed by atoms with Crippen LogP contribution in [0.15, 0.2) is 12.1 Å². The molecule has 6 nitrogen and oxygen atoms in total. The van der Waals surface area contributed by atoms with Crippen LogP contribution in [0.25, 0.3) is 0 Å². The van der Waals surface area contributed by atoms with E-state index in [4.69, 9.17) is 16.7 Å². The Morgan fingerprint density at radius 3 is 3.00 bits per heavy atom. The highest BCUT2D eigenvalue weighted by atomic mass is 35.5. The highest BCUT2D eigenvalue weighted by Gasteiger charge is 2.29. The molecule has 102 valence electrons. The molecule has 0 radical (unpaired) electrons. The molecule has 2 heterocycles. The number of carboxylic acids is 1. The van der Waals surface area contributed by atoms with Gasteiger partial charge in [0, 0.05) is 13.1 Å². The molecule has 7 heteroatoms. The maximum Gasteiger partial charge on any atom is 0.356 e. The van der Waals surface area contributed by atoms with Crippen LogP contribution in [0.3, 0.4) is 0 Å². The van der Waals surface area contributed by atoms with Crippen LogP contribution < -0.4 is 10.2 Å². The van der Waals surface area contributed by atoms with Crippen molar-refractivity contribution in [2.75, 3.05) is 18.0 Å². The molecule has 1 aromatic rings. The lowest BCUT2D eigenvalue weighted by Gasteiger charge is -2.35. The van der Waals surface area contributed by atoms with E-state index >= 15 is 0 Å². The maximum absolute atomic E-state index is 11.8. The Morgan fingerprint density at radius 1 is 1.63 bits per heavy atom. The quantitative estimate of drug-likeness (QED) is 0.869. The lowest BCUT2D eigenvalue weighted by atomic mass is 10.1. The number of hydrogen-bond donors (Lipinski definition) is 2. The largest absolute Gasteiger partial charge is 0.476 e. The molecule has 1 unspecified atom stereocenters. The smallest absolute Gasteiger partial charge is 0.356 e. The van der Waals surface area contributed by atoms with Gasteiger partial charge in [-0.3, -0.25) is 4.79 Å². The summed E-state index contributed by atoms with van der Waals surface area (Å²) in [6.45, 7) is 3.01. The van der Waals surface area contributed by atoms with Gasteiger partial charge in [0.1, 0.15) is 11.9 Å². The van der Waals surface area contributed by atoms with E-state index in [1.807, 2.05) is 11.8 Å². The van der Waals surface area contributed by atoms with E-state index in [0.717, 1.165) is 0 Å². The van der Waals surface area contributed by atoms with Gasteiger partial charge in [0.25, 0.3) is 0 Å². The molecule has 1 fully saturated rings. The van der Waals surface area contributed by atoms with Gasteiger partial charge in [-0.15, -0.1) is 0 Å². The first-order valence-electron chi connectivity index (χ1n) is 5.98. The zero-order valence-corrected chi connectivity index (χ0v) is 11.1. The minimum absolute atomic E-state index is 0.0672. The number of amides is 1. The number of nitrogens with zero attached hydrogens (tertiary/aromatic N) is 2. The van der Waals surface area contributed by atoms with Gasteiger partial charge in [-0.2, -0.15) is 0 Å². The number of aromatic carboxylic acids is 1. The summed E-state index contributed by atoms with van der Waals surface area (Å²) in [7, 11) is 0. The van der Waals surface area contributed by atoms with E-state index in [1.165, 1.54) is 6.07 Å². The lowest BCUT2D eigenvalue weighted by molar-refractivity contribution is -0.123. The molecule has 2 N–H and O–H groups in total. The first-order valence-corrected chi connectivity index (χ1v) is 6.36. The number of rotatable bonds is 3. The topological polar surface area (TPSA) is 82.5 Å². The fraction of sp³-hybridized carbons (Fsp3) is 0.417. The van der Waals surface area contributed by atoms with Gasteiger partial charge in [0.2, 0.25) is 5.91 Å². The normalized spacial score (nSPS) is 19.2. The van der Waals surface area contributed by atoms with E-state index in [9.17, 15) is 9.59 Å². The number of nitrogens with one attached hydrogen (secondary N) is 1. The molecule has 2 rings (SSSR count). The molecular weight excluding hydrogens is 270 g/mol. The van der Waals surface area contributed by atoms with Crippen molar-refractivity contribution in [3.8, 4) is 0 Å². The van der Waals surface area contributed by atoms with Crippen LogP contribution in [0, 0.1) is 0 Å². The molecule has 1 saturated heterocycles. The minimum Gasteiger partial charge on any atom is -0.476 e. The summed E-state index contributed by atoms with van der Waals surface area (Å²) in [6, 6.07) is 2.80. The molecular formula is C12H14ClN3O3. The number of aromatic nitrogens is 1. The van der Waals surface area contributed by atoms with Crippen LogP contribution >= 0.6 is 11.6 Å². The van der Waals surface area contributed by atoms with E-state index in [0.29, 0.717) is 25.3 Å². The van der Waals surface area contributed by atoms with Crippen LogP contribution in [0.4, 0.5) is 5.82 Å². The number of halogens is 1. The summed E-state index contributed by atoms with van der Waals surface area (Å²) >= 11 is 5.79. The highest BCUT2D eigenvalue weighted by molar-refractivity contribution is 6.33. The Labute approximate surface area is 115 Å². The third-order valence-electron chi connectivity index (χ3n) is 3.05. The van der Waals surface area contributed by atoms with Crippen molar-refractivity contribution in [1.29, 1.82) is 0 Å². The fourth-order valence-corrected chi connectivity index (χ4v) is 2.32. The zero-order valence-electron chi connectivity index (χ0n) is 10.4. The molecule has 1 atom stereocenters. The second-order valence-corrected chi connectivity index (χ2v) is 4.62. The minimum atomic E-state index is -1.18. The van der Waals surface area contributed by atoms with Crippen LogP contribution in [0.2, 0.25) is 5.02 Å². The Balaban J connectivity index is 2.37. The van der Waals surface area contributed by atoms with Gasteiger partial charge in [-0.1, -0.05) is 18.5 Å². The monoisotopic (exact) mass is 283 g/mol. The van der Waals surface area contributed by atoms with Crippen molar-refractivity contribution in [1.82, 2.24) is 10.3 Å². The molecule has 0 bridgehead atoms. The third-order valence-corrected chi connectivity index (χ3v) is 3.35. The van der Waals surface area contributed by atoms with E-state index in [-0.39, 0.29) is 22.7 Å². The van der Waals surface area contributed by atoms with Crippen LogP contribution in [-0.2, 0) is 4.79 Å². The maximum atomic E-state index is 11.8. The Kier molecular flexibility index (Phi) is 3.90. The van der Waals surface area contributed by atoms with Crippen LogP contribution in [-0.4, -0.2) is 41.1 Å². The summed E-state index contributed by atoms with van der Waals surface area (Å²) in [4.78, 5) is 28.6. The molecule has 1 aromatic heterocycles. The number of hydrogen-bond acceptors (Lipinski definition) is 4. The summed E-state index contributed by atoms with van der Waals surface area (Å²) in [5, 5.41) is 11.9. The Bertz CT molecular complexity index is 521. The predicted octanol–water partition coefficient (Wildman–Crippen LogP) is 1.15. The van der Waals surface area contributed by atoms with Crippen molar-refractivity contribution in [2.24, 2.45) is 0 Å². The predicted molar refractivity (Wildman–Crippen MR) is 70.6 cm³/mol. The third kappa shape index (κ3) is 2.63. The van der Waals surface area contributed by atoms with Crippen molar-refractivity contribution in [3.63, 3.8) is 0 Å². The number of anilines is 1. The van der Waals surface area contributed by atoms with Gasteiger partial charge in [0.15, 0.2) is 5.69 Å². The Hall–Kier alpha value is -1.82. The lowest BCUT2D eigenvalue weighted by Crippen LogP contribution is -2.55. The molecule has 1 aliphatic rings. The summed E-state index contributed by atoms with van der Waals surface area (Å²) < 4.78 is 0. The molecule has 1 aliphatic heterocycles. The average molecular weight is 284 g/mol. The Morgan fingerprint density at radius 2 is 2.37 bits per heavy atom. The first kappa shape index (κ1) is 13.6. The van der Waals surface area contributed by atoms with Crippen molar-refractivity contribution >= 4 is 29.3 Å². The molecule has 0 aliphatic carbocycles. The van der Waals surface area contributed by atoms with Crippen LogP contribution in [0.1, 0.15) is 23.8 Å². The van der Waals surface area contributed by atoms with Gasteiger partial charge in [0.05, 0.1) is 5.02 Å². The van der Waals surface area contributed by atoms with Crippen LogP contribution in [0.5, 0.6) is 0 Å². The molecule has 1 amide bonds. The number of pyridine rings is 1. The fourth-order valence-electron chi connectivity index (χ4n) is 2.14. The van der Waals surface area contributed by atoms with E-state index in [2.05, 4.69) is 10.3 Å². The van der Waals surface area contributed by atoms with Crippen molar-refractivity contribution < 1.29 is 14.7 Å². The van der Waals surface area contributed by atoms with Gasteiger partial charge >= 0.3 is 5.97 Å². The van der Waals surface area contributed by atoms with Gasteiger partial charge in [-0.25, -0.2) is 9.78 Å². The van der Waals surface area contributed by atoms with Crippen molar-refractivity contribution in [3.05, 3.63) is 22.8 Å². The summed E-state index contributed by atoms with van der Waals surface area (Å²) in [5.74, 6) is -0.785. The number of carbonyl (C=O) groups is 2. The molecule has 0 spiro atoms. The molecule has 19 heavy (non-hydrogen) atoms. The standard InChI is InChI=1S/C12H14ClN3O3/c1-2-8-11(17)14-5-6-16(8)9-4-3-7(13)10(15-9)12(18)19/h3-4,8H,2,5-6H2,1H3,(H,14,17)(H,18,19). The second kappa shape index (κ2) is 5.44. The first-order chi connectivity index (χ1) is 9.04. The van der Waals surface area contributed by atoms with E-state index < -0.39 is 5.97 Å². The van der Waals surface area contributed by atoms with Gasteiger partial charge in [-0.05, 0) is 18.6 Å². The molecule has 0 aromatic carbocycles. The zero-order chi connectivity index (χ0) is 14.0. The molecule has 0 saturated carbocycles. The summed E-state index contributed by atoms with van der Waals surface area (Å²) in [6.07, 6.45) is 0.624. The number of carboxylic acid groups (broad SMARTS) is 1. The average Bonchev–Trinajstić information content (AvgIpc) is 2.38. The number of piperazine rings is 1. The van der Waals surface area contributed by atoms with Crippen molar-refractivity contribution in [2.45, 2.75) is 19.4 Å². The van der Waals surface area contributed by atoms with E-state index in [1.54, 1.807) is 6.07 Å². The van der Waals surface area contributed by atoms with Gasteiger partial charge < -0.3 is 15.3 Å².